The monoisotopic (exact) mass is 863 g/mol. The maximum atomic E-state index is 12.7. The topological polar surface area (TPSA) is 78.9 Å². The molecule has 0 saturated carbocycles. The van der Waals surface area contributed by atoms with Gasteiger partial charge in [0.15, 0.2) is 6.10 Å². The Labute approximate surface area is 380 Å². The molecule has 0 heterocycles. The number of carbonyl (C=O) groups is 3. The lowest BCUT2D eigenvalue weighted by molar-refractivity contribution is -0.167. The summed E-state index contributed by atoms with van der Waals surface area (Å²) in [5, 5.41) is 0. The van der Waals surface area contributed by atoms with Gasteiger partial charge in [0.1, 0.15) is 13.2 Å². The fourth-order valence-corrected chi connectivity index (χ4v) is 8.45. The van der Waals surface area contributed by atoms with Crippen molar-refractivity contribution in [1.29, 1.82) is 0 Å². The summed E-state index contributed by atoms with van der Waals surface area (Å²) >= 11 is 0. The molecule has 0 spiro atoms. The molecule has 0 N–H and O–H groups in total. The molecule has 0 saturated heterocycles. The van der Waals surface area contributed by atoms with E-state index in [-0.39, 0.29) is 31.1 Å². The van der Waals surface area contributed by atoms with E-state index >= 15 is 0 Å². The smallest absolute Gasteiger partial charge is 0.306 e. The summed E-state index contributed by atoms with van der Waals surface area (Å²) in [4.78, 5) is 37.7. The van der Waals surface area contributed by atoms with Crippen LogP contribution in [-0.4, -0.2) is 37.2 Å². The summed E-state index contributed by atoms with van der Waals surface area (Å²) in [6, 6.07) is 0. The van der Waals surface area contributed by atoms with Gasteiger partial charge in [0.05, 0.1) is 0 Å². The minimum Gasteiger partial charge on any atom is -0.462 e. The molecule has 0 aromatic carbocycles. The molecule has 0 aromatic rings. The van der Waals surface area contributed by atoms with Gasteiger partial charge in [0.25, 0.3) is 0 Å². The van der Waals surface area contributed by atoms with Gasteiger partial charge in [0, 0.05) is 19.3 Å². The van der Waals surface area contributed by atoms with Gasteiger partial charge < -0.3 is 14.2 Å². The fourth-order valence-electron chi connectivity index (χ4n) is 8.45. The standard InChI is InChI=1S/C55H106O6/c1-4-7-10-13-16-18-20-22-23-24-25-26-27-28-29-30-31-32-34-35-37-39-42-45-48-54(57)60-51-52(50-59-53(56)47-44-41-15-12-9-6-3)61-55(58)49-46-43-40-38-36-33-21-19-17-14-11-8-5-2/h52H,4-51H2,1-3H3. The van der Waals surface area contributed by atoms with Crippen molar-refractivity contribution >= 4 is 17.9 Å². The highest BCUT2D eigenvalue weighted by Crippen LogP contribution is 2.17. The number of unbranched alkanes of at least 4 members (excludes halogenated alkanes) is 40. The van der Waals surface area contributed by atoms with Gasteiger partial charge in [-0.05, 0) is 19.3 Å². The predicted octanol–water partition coefficient (Wildman–Crippen LogP) is 18.0. The summed E-state index contributed by atoms with van der Waals surface area (Å²) < 4.78 is 16.7. The van der Waals surface area contributed by atoms with Crippen LogP contribution in [0.15, 0.2) is 0 Å². The molecular weight excluding hydrogens is 757 g/mol. The Morgan fingerprint density at radius 2 is 0.443 bits per heavy atom. The van der Waals surface area contributed by atoms with E-state index < -0.39 is 6.10 Å². The number of rotatable bonds is 51. The van der Waals surface area contributed by atoms with Crippen LogP contribution in [-0.2, 0) is 28.6 Å². The summed E-state index contributed by atoms with van der Waals surface area (Å²) in [5.41, 5.74) is 0. The van der Waals surface area contributed by atoms with Crippen molar-refractivity contribution in [2.45, 2.75) is 322 Å². The fraction of sp³-hybridized carbons (Fsp3) is 0.945. The summed E-state index contributed by atoms with van der Waals surface area (Å²) in [6.45, 7) is 6.63. The van der Waals surface area contributed by atoms with E-state index in [1.165, 1.54) is 218 Å². The molecule has 0 fully saturated rings. The number of carbonyl (C=O) groups excluding carboxylic acids is 3. The Balaban J connectivity index is 4.02. The zero-order chi connectivity index (χ0) is 44.4. The molecule has 61 heavy (non-hydrogen) atoms. The van der Waals surface area contributed by atoms with E-state index in [0.717, 1.165) is 57.8 Å². The molecule has 0 radical (unpaired) electrons. The third kappa shape index (κ3) is 49.3. The number of hydrogen-bond donors (Lipinski definition) is 0. The highest BCUT2D eigenvalue weighted by atomic mass is 16.6. The van der Waals surface area contributed by atoms with Crippen molar-refractivity contribution in [2.24, 2.45) is 0 Å². The van der Waals surface area contributed by atoms with Crippen LogP contribution >= 0.6 is 0 Å². The zero-order valence-corrected chi connectivity index (χ0v) is 41.5. The highest BCUT2D eigenvalue weighted by molar-refractivity contribution is 5.71. The molecule has 0 amide bonds. The van der Waals surface area contributed by atoms with E-state index in [1.807, 2.05) is 0 Å². The van der Waals surface area contributed by atoms with Crippen molar-refractivity contribution < 1.29 is 28.6 Å². The molecule has 6 heteroatoms. The van der Waals surface area contributed by atoms with E-state index in [1.54, 1.807) is 0 Å². The molecule has 0 aliphatic carbocycles. The van der Waals surface area contributed by atoms with Crippen LogP contribution in [0.5, 0.6) is 0 Å². The first kappa shape index (κ1) is 59.4. The normalized spacial score (nSPS) is 11.9. The molecule has 0 aromatic heterocycles. The molecule has 0 aliphatic heterocycles. The third-order valence-corrected chi connectivity index (χ3v) is 12.6. The second-order valence-electron chi connectivity index (χ2n) is 18.9. The van der Waals surface area contributed by atoms with Gasteiger partial charge in [-0.2, -0.15) is 0 Å². The summed E-state index contributed by atoms with van der Waals surface area (Å²) in [5.74, 6) is -0.851. The minimum absolute atomic E-state index is 0.0626. The lowest BCUT2D eigenvalue weighted by Crippen LogP contribution is -2.30. The average Bonchev–Trinajstić information content (AvgIpc) is 3.26. The van der Waals surface area contributed by atoms with Crippen LogP contribution in [0.4, 0.5) is 0 Å². The number of hydrogen-bond acceptors (Lipinski definition) is 6. The molecule has 1 unspecified atom stereocenters. The first-order chi connectivity index (χ1) is 30.0. The largest absolute Gasteiger partial charge is 0.462 e. The van der Waals surface area contributed by atoms with Crippen LogP contribution in [0.1, 0.15) is 316 Å². The van der Waals surface area contributed by atoms with Gasteiger partial charge in [-0.15, -0.1) is 0 Å². The van der Waals surface area contributed by atoms with Gasteiger partial charge in [-0.1, -0.05) is 278 Å². The van der Waals surface area contributed by atoms with Crippen LogP contribution in [0, 0.1) is 0 Å². The molecule has 1 atom stereocenters. The molecular formula is C55H106O6. The Hall–Kier alpha value is -1.59. The molecule has 362 valence electrons. The van der Waals surface area contributed by atoms with Crippen LogP contribution in [0.2, 0.25) is 0 Å². The van der Waals surface area contributed by atoms with Crippen molar-refractivity contribution in [2.75, 3.05) is 13.2 Å². The Bertz CT molecular complexity index is 905. The summed E-state index contributed by atoms with van der Waals surface area (Å²) in [7, 11) is 0. The van der Waals surface area contributed by atoms with Crippen LogP contribution < -0.4 is 0 Å². The average molecular weight is 863 g/mol. The van der Waals surface area contributed by atoms with E-state index in [0.29, 0.717) is 19.3 Å². The van der Waals surface area contributed by atoms with Crippen molar-refractivity contribution in [1.82, 2.24) is 0 Å². The second kappa shape index (κ2) is 51.0. The van der Waals surface area contributed by atoms with Gasteiger partial charge in [-0.25, -0.2) is 0 Å². The second-order valence-corrected chi connectivity index (χ2v) is 18.9. The molecule has 0 rings (SSSR count). The van der Waals surface area contributed by atoms with Crippen LogP contribution in [0.25, 0.3) is 0 Å². The lowest BCUT2D eigenvalue weighted by atomic mass is 10.0. The lowest BCUT2D eigenvalue weighted by Gasteiger charge is -2.18. The van der Waals surface area contributed by atoms with Crippen molar-refractivity contribution in [3.05, 3.63) is 0 Å². The molecule has 6 nitrogen and oxygen atoms in total. The Kier molecular flexibility index (Phi) is 49.7. The maximum Gasteiger partial charge on any atom is 0.306 e. The van der Waals surface area contributed by atoms with Crippen molar-refractivity contribution in [3.8, 4) is 0 Å². The predicted molar refractivity (Wildman–Crippen MR) is 261 cm³/mol. The Morgan fingerprint density at radius 3 is 0.656 bits per heavy atom. The van der Waals surface area contributed by atoms with Gasteiger partial charge in [-0.3, -0.25) is 14.4 Å². The Morgan fingerprint density at radius 1 is 0.262 bits per heavy atom. The zero-order valence-electron chi connectivity index (χ0n) is 41.5. The quantitative estimate of drug-likeness (QED) is 0.0344. The SMILES string of the molecule is CCCCCCCCCCCCCCCCCCCCCCCCCCC(=O)OCC(COC(=O)CCCCCCCC)OC(=O)CCCCCCCCCCCCCCC. The molecule has 0 bridgehead atoms. The highest BCUT2D eigenvalue weighted by Gasteiger charge is 2.19. The van der Waals surface area contributed by atoms with E-state index in [9.17, 15) is 14.4 Å². The van der Waals surface area contributed by atoms with Gasteiger partial charge >= 0.3 is 17.9 Å². The van der Waals surface area contributed by atoms with Gasteiger partial charge in [0.2, 0.25) is 0 Å². The number of esters is 3. The number of ether oxygens (including phenoxy) is 3. The molecule has 0 aliphatic rings. The third-order valence-electron chi connectivity index (χ3n) is 12.6. The maximum absolute atomic E-state index is 12.7. The first-order valence-corrected chi connectivity index (χ1v) is 27.5. The minimum atomic E-state index is -0.758. The van der Waals surface area contributed by atoms with Crippen LogP contribution in [0.3, 0.4) is 0 Å². The first-order valence-electron chi connectivity index (χ1n) is 27.5. The van der Waals surface area contributed by atoms with Crippen molar-refractivity contribution in [3.63, 3.8) is 0 Å². The van der Waals surface area contributed by atoms with E-state index in [2.05, 4.69) is 20.8 Å². The summed E-state index contributed by atoms with van der Waals surface area (Å²) in [6.07, 6.45) is 55.6. The van der Waals surface area contributed by atoms with E-state index in [4.69, 9.17) is 14.2 Å².